The lowest BCUT2D eigenvalue weighted by atomic mass is 9.86. The van der Waals surface area contributed by atoms with Gasteiger partial charge in [-0.1, -0.05) is 43.7 Å². The third kappa shape index (κ3) is 5.05. The molecule has 2 aliphatic rings. The summed E-state index contributed by atoms with van der Waals surface area (Å²) in [5.74, 6) is 0.396. The lowest BCUT2D eigenvalue weighted by Crippen LogP contribution is -2.49. The summed E-state index contributed by atoms with van der Waals surface area (Å²) < 4.78 is 5.81. The van der Waals surface area contributed by atoms with E-state index in [9.17, 15) is 4.79 Å². The fourth-order valence-corrected chi connectivity index (χ4v) is 3.89. The first-order valence-corrected chi connectivity index (χ1v) is 9.59. The minimum atomic E-state index is -0.747. The number of aliphatic carboxylic acids is 1. The minimum absolute atomic E-state index is 0.286. The number of rotatable bonds is 8. The number of nitrogens with zero attached hydrogens (tertiary/aromatic N) is 3. The summed E-state index contributed by atoms with van der Waals surface area (Å²) in [6.07, 6.45) is 10.6. The second-order valence-corrected chi connectivity index (χ2v) is 7.57. The van der Waals surface area contributed by atoms with Crippen molar-refractivity contribution in [2.45, 2.75) is 51.5 Å². The molecule has 6 nitrogen and oxygen atoms in total. The second-order valence-electron chi connectivity index (χ2n) is 7.19. The van der Waals surface area contributed by atoms with Gasteiger partial charge in [0.2, 0.25) is 0 Å². The molecule has 0 amide bonds. The molecule has 0 radical (unpaired) electrons. The zero-order valence-corrected chi connectivity index (χ0v) is 15.2. The quantitative estimate of drug-likeness (QED) is 0.710. The van der Waals surface area contributed by atoms with Gasteiger partial charge in [-0.15, -0.1) is 0 Å². The third-order valence-corrected chi connectivity index (χ3v) is 5.65. The van der Waals surface area contributed by atoms with Crippen LogP contribution in [-0.2, 0) is 11.3 Å². The Morgan fingerprint density at radius 2 is 2.08 bits per heavy atom. The van der Waals surface area contributed by atoms with Crippen molar-refractivity contribution in [3.63, 3.8) is 0 Å². The first-order chi connectivity index (χ1) is 12.1. The van der Waals surface area contributed by atoms with Crippen LogP contribution in [-0.4, -0.2) is 45.9 Å². The number of ether oxygens (including phenoxy) is 1. The van der Waals surface area contributed by atoms with Gasteiger partial charge >= 0.3 is 5.97 Å². The Balaban J connectivity index is 1.43. The molecule has 138 valence electrons. The number of aromatic nitrogens is 2. The zero-order valence-electron chi connectivity index (χ0n) is 14.5. The highest BCUT2D eigenvalue weighted by Crippen LogP contribution is 2.30. The van der Waals surface area contributed by atoms with Crippen molar-refractivity contribution in [2.24, 2.45) is 11.8 Å². The maximum atomic E-state index is 10.9. The largest absolute Gasteiger partial charge is 0.490 e. The van der Waals surface area contributed by atoms with E-state index < -0.39 is 5.97 Å². The molecule has 2 heterocycles. The molecule has 25 heavy (non-hydrogen) atoms. The van der Waals surface area contributed by atoms with Gasteiger partial charge in [0.15, 0.2) is 5.75 Å². The van der Waals surface area contributed by atoms with Crippen LogP contribution in [0, 0.1) is 11.8 Å². The van der Waals surface area contributed by atoms with E-state index in [4.69, 9.17) is 21.4 Å². The van der Waals surface area contributed by atoms with Crippen LogP contribution in [0.4, 0.5) is 0 Å². The average Bonchev–Trinajstić information content (AvgIpc) is 2.57. The highest BCUT2D eigenvalue weighted by atomic mass is 35.5. The SMILES string of the molecule is O=C(O)C1CN(Cc2nncc(OCCCC3CCCCC3)c2Cl)C1. The molecule has 1 saturated carbocycles. The zero-order chi connectivity index (χ0) is 17.6. The van der Waals surface area contributed by atoms with Crippen LogP contribution >= 0.6 is 11.6 Å². The van der Waals surface area contributed by atoms with Gasteiger partial charge < -0.3 is 9.84 Å². The molecule has 1 saturated heterocycles. The van der Waals surface area contributed by atoms with Crippen molar-refractivity contribution in [1.29, 1.82) is 0 Å². The standard InChI is InChI=1S/C18H26ClN3O3/c19-17-15(12-22-10-14(11-22)18(23)24)21-20-9-16(17)25-8-4-7-13-5-2-1-3-6-13/h9,13-14H,1-8,10-12H2,(H,23,24). The number of carboxylic acids is 1. The summed E-state index contributed by atoms with van der Waals surface area (Å²) in [4.78, 5) is 12.9. The van der Waals surface area contributed by atoms with Gasteiger partial charge in [0.25, 0.3) is 0 Å². The van der Waals surface area contributed by atoms with Gasteiger partial charge in [-0.25, -0.2) is 0 Å². The Hall–Kier alpha value is -1.40. The maximum Gasteiger partial charge on any atom is 0.309 e. The van der Waals surface area contributed by atoms with Crippen LogP contribution in [0.25, 0.3) is 0 Å². The number of likely N-dealkylation sites (tertiary alicyclic amines) is 1. The number of halogens is 1. The molecule has 0 atom stereocenters. The molecule has 1 aromatic rings. The summed E-state index contributed by atoms with van der Waals surface area (Å²) in [7, 11) is 0. The molecule has 1 N–H and O–H groups in total. The number of carbonyl (C=O) groups is 1. The topological polar surface area (TPSA) is 75.5 Å². The smallest absolute Gasteiger partial charge is 0.309 e. The van der Waals surface area contributed by atoms with E-state index in [1.165, 1.54) is 38.5 Å². The molecule has 1 aliphatic carbocycles. The van der Waals surface area contributed by atoms with Gasteiger partial charge in [-0.3, -0.25) is 9.69 Å². The number of hydrogen-bond donors (Lipinski definition) is 1. The monoisotopic (exact) mass is 367 g/mol. The van der Waals surface area contributed by atoms with Crippen LogP contribution < -0.4 is 4.74 Å². The van der Waals surface area contributed by atoms with E-state index in [-0.39, 0.29) is 5.92 Å². The van der Waals surface area contributed by atoms with E-state index in [2.05, 4.69) is 10.2 Å². The van der Waals surface area contributed by atoms with Gasteiger partial charge in [-0.05, 0) is 18.8 Å². The fraction of sp³-hybridized carbons (Fsp3) is 0.722. The van der Waals surface area contributed by atoms with Gasteiger partial charge in [0.1, 0.15) is 5.02 Å². The van der Waals surface area contributed by atoms with E-state index in [1.54, 1.807) is 6.20 Å². The van der Waals surface area contributed by atoms with E-state index >= 15 is 0 Å². The van der Waals surface area contributed by atoms with Gasteiger partial charge in [0, 0.05) is 19.6 Å². The van der Waals surface area contributed by atoms with Crippen molar-refractivity contribution in [1.82, 2.24) is 15.1 Å². The van der Waals surface area contributed by atoms with Crippen LogP contribution in [0.3, 0.4) is 0 Å². The van der Waals surface area contributed by atoms with E-state index in [0.29, 0.717) is 42.7 Å². The maximum absolute atomic E-state index is 10.9. The third-order valence-electron chi connectivity index (χ3n) is 5.24. The predicted molar refractivity (Wildman–Crippen MR) is 94.7 cm³/mol. The van der Waals surface area contributed by atoms with Crippen LogP contribution in [0.1, 0.15) is 50.6 Å². The normalized spacial score (nSPS) is 19.6. The van der Waals surface area contributed by atoms with Crippen molar-refractivity contribution in [2.75, 3.05) is 19.7 Å². The lowest BCUT2D eigenvalue weighted by Gasteiger charge is -2.36. The minimum Gasteiger partial charge on any atom is -0.490 e. The summed E-state index contributed by atoms with van der Waals surface area (Å²) in [6, 6.07) is 0. The summed E-state index contributed by atoms with van der Waals surface area (Å²) in [5.41, 5.74) is 0.648. The number of hydrogen-bond acceptors (Lipinski definition) is 5. The Kier molecular flexibility index (Phi) is 6.48. The van der Waals surface area contributed by atoms with Crippen LogP contribution in [0.5, 0.6) is 5.75 Å². The van der Waals surface area contributed by atoms with Gasteiger partial charge in [-0.2, -0.15) is 10.2 Å². The van der Waals surface area contributed by atoms with Gasteiger partial charge in [0.05, 0.1) is 24.4 Å². The molecule has 1 aromatic heterocycles. The van der Waals surface area contributed by atoms with Crippen molar-refractivity contribution in [3.05, 3.63) is 16.9 Å². The Morgan fingerprint density at radius 1 is 1.32 bits per heavy atom. The van der Waals surface area contributed by atoms with Crippen LogP contribution in [0.15, 0.2) is 6.20 Å². The molecular weight excluding hydrogens is 342 g/mol. The average molecular weight is 368 g/mol. The number of carboxylic acid groups (broad SMARTS) is 1. The Morgan fingerprint density at radius 3 is 2.80 bits per heavy atom. The fourth-order valence-electron chi connectivity index (χ4n) is 3.69. The van der Waals surface area contributed by atoms with Crippen molar-refractivity contribution >= 4 is 17.6 Å². The summed E-state index contributed by atoms with van der Waals surface area (Å²) in [6.45, 7) is 2.21. The molecule has 1 aliphatic heterocycles. The molecular formula is C18H26ClN3O3. The Labute approximate surface area is 153 Å². The first kappa shape index (κ1) is 18.4. The highest BCUT2D eigenvalue weighted by Gasteiger charge is 2.33. The second kappa shape index (κ2) is 8.81. The first-order valence-electron chi connectivity index (χ1n) is 9.21. The molecule has 2 fully saturated rings. The summed E-state index contributed by atoms with van der Waals surface area (Å²) >= 11 is 6.39. The summed E-state index contributed by atoms with van der Waals surface area (Å²) in [5, 5.41) is 17.5. The molecule has 0 aromatic carbocycles. The van der Waals surface area contributed by atoms with Crippen LogP contribution in [0.2, 0.25) is 5.02 Å². The molecule has 0 spiro atoms. The highest BCUT2D eigenvalue weighted by molar-refractivity contribution is 6.32. The van der Waals surface area contributed by atoms with Crippen molar-refractivity contribution < 1.29 is 14.6 Å². The Bertz CT molecular complexity index is 587. The van der Waals surface area contributed by atoms with E-state index in [1.807, 2.05) is 4.90 Å². The molecule has 3 rings (SSSR count). The predicted octanol–water partition coefficient (Wildman–Crippen LogP) is 3.39. The van der Waals surface area contributed by atoms with E-state index in [0.717, 1.165) is 12.3 Å². The molecule has 7 heteroatoms. The molecule has 0 unspecified atom stereocenters. The lowest BCUT2D eigenvalue weighted by molar-refractivity contribution is -0.147. The molecule has 0 bridgehead atoms. The van der Waals surface area contributed by atoms with Crippen molar-refractivity contribution in [3.8, 4) is 5.75 Å².